The highest BCUT2D eigenvalue weighted by atomic mass is 16.5. The molecular formula is C24H27N5O3. The quantitative estimate of drug-likeness (QED) is 0.643. The molecule has 8 nitrogen and oxygen atoms in total. The molecule has 0 bridgehead atoms. The highest BCUT2D eigenvalue weighted by Gasteiger charge is 2.22. The van der Waals surface area contributed by atoms with Crippen LogP contribution in [-0.2, 0) is 11.2 Å². The molecule has 4 rings (SSSR count). The van der Waals surface area contributed by atoms with Crippen molar-refractivity contribution in [3.8, 4) is 11.4 Å². The normalized spacial score (nSPS) is 13.8. The number of piperazine rings is 1. The lowest BCUT2D eigenvalue weighted by molar-refractivity contribution is -0.130. The number of anilines is 1. The van der Waals surface area contributed by atoms with Gasteiger partial charge in [0.25, 0.3) is 5.91 Å². The van der Waals surface area contributed by atoms with Gasteiger partial charge in [-0.25, -0.2) is 0 Å². The zero-order valence-corrected chi connectivity index (χ0v) is 18.4. The average molecular weight is 434 g/mol. The molecule has 2 aromatic carbocycles. The Labute approximate surface area is 187 Å². The predicted molar refractivity (Wildman–Crippen MR) is 121 cm³/mol. The van der Waals surface area contributed by atoms with Crippen LogP contribution in [0, 0.1) is 6.92 Å². The molecule has 0 aliphatic carbocycles. The van der Waals surface area contributed by atoms with Crippen LogP contribution in [0.4, 0.5) is 5.69 Å². The molecular weight excluding hydrogens is 406 g/mol. The number of nitrogens with zero attached hydrogens (tertiary/aromatic N) is 4. The van der Waals surface area contributed by atoms with Gasteiger partial charge in [-0.15, -0.1) is 0 Å². The zero-order valence-electron chi connectivity index (χ0n) is 18.4. The van der Waals surface area contributed by atoms with Crippen molar-refractivity contribution >= 4 is 17.5 Å². The number of benzene rings is 2. The second-order valence-corrected chi connectivity index (χ2v) is 7.83. The van der Waals surface area contributed by atoms with Gasteiger partial charge in [0, 0.05) is 49.4 Å². The largest absolute Gasteiger partial charge is 0.368 e. The molecule has 2 heterocycles. The lowest BCUT2D eigenvalue weighted by Crippen LogP contribution is -2.51. The fraction of sp³-hybridized carbons (Fsp3) is 0.333. The SMILES string of the molecule is CCc1nc(-c2ccc(N3CCN(C(=O)CNC(=O)c4ccc(C)cc4)CC3)cc2)no1. The minimum absolute atomic E-state index is 0.00581. The third-order valence-corrected chi connectivity index (χ3v) is 5.61. The van der Waals surface area contributed by atoms with E-state index in [9.17, 15) is 9.59 Å². The molecule has 0 unspecified atom stereocenters. The highest BCUT2D eigenvalue weighted by Crippen LogP contribution is 2.22. The Hall–Kier alpha value is -3.68. The van der Waals surface area contributed by atoms with Crippen molar-refractivity contribution in [1.82, 2.24) is 20.4 Å². The van der Waals surface area contributed by atoms with Crippen molar-refractivity contribution in [2.24, 2.45) is 0 Å². The van der Waals surface area contributed by atoms with Gasteiger partial charge < -0.3 is 19.6 Å². The van der Waals surface area contributed by atoms with Crippen molar-refractivity contribution in [3.63, 3.8) is 0 Å². The molecule has 0 spiro atoms. The Morgan fingerprint density at radius 2 is 1.69 bits per heavy atom. The fourth-order valence-electron chi connectivity index (χ4n) is 3.63. The molecule has 1 N–H and O–H groups in total. The van der Waals surface area contributed by atoms with Gasteiger partial charge in [0.2, 0.25) is 17.6 Å². The standard InChI is InChI=1S/C24H27N5O3/c1-3-21-26-23(27-32-21)18-8-10-20(11-9-18)28-12-14-29(15-13-28)22(30)16-25-24(31)19-6-4-17(2)5-7-19/h4-11H,3,12-16H2,1-2H3,(H,25,31). The number of aryl methyl sites for hydroxylation is 2. The molecule has 3 aromatic rings. The van der Waals surface area contributed by atoms with E-state index in [0.29, 0.717) is 36.8 Å². The average Bonchev–Trinajstić information content (AvgIpc) is 3.32. The number of carbonyl (C=O) groups is 2. The lowest BCUT2D eigenvalue weighted by atomic mass is 10.1. The summed E-state index contributed by atoms with van der Waals surface area (Å²) < 4.78 is 5.18. The van der Waals surface area contributed by atoms with E-state index in [2.05, 4.69) is 20.4 Å². The summed E-state index contributed by atoms with van der Waals surface area (Å²) in [6.07, 6.45) is 0.712. The number of amides is 2. The minimum atomic E-state index is -0.232. The summed E-state index contributed by atoms with van der Waals surface area (Å²) in [5.41, 5.74) is 3.65. The first-order chi connectivity index (χ1) is 15.5. The molecule has 2 amide bonds. The topological polar surface area (TPSA) is 91.6 Å². The summed E-state index contributed by atoms with van der Waals surface area (Å²) >= 11 is 0. The van der Waals surface area contributed by atoms with E-state index in [1.807, 2.05) is 50.2 Å². The number of aromatic nitrogens is 2. The van der Waals surface area contributed by atoms with Crippen molar-refractivity contribution in [3.05, 3.63) is 65.5 Å². The minimum Gasteiger partial charge on any atom is -0.368 e. The molecule has 0 saturated carbocycles. The van der Waals surface area contributed by atoms with Crippen LogP contribution in [0.2, 0.25) is 0 Å². The maximum atomic E-state index is 12.5. The Morgan fingerprint density at radius 1 is 1.00 bits per heavy atom. The van der Waals surface area contributed by atoms with Gasteiger partial charge >= 0.3 is 0 Å². The fourth-order valence-corrected chi connectivity index (χ4v) is 3.63. The summed E-state index contributed by atoms with van der Waals surface area (Å²) in [5.74, 6) is 0.922. The van der Waals surface area contributed by atoms with E-state index in [-0.39, 0.29) is 18.4 Å². The summed E-state index contributed by atoms with van der Waals surface area (Å²) in [6, 6.07) is 15.3. The van der Waals surface area contributed by atoms with E-state index < -0.39 is 0 Å². The van der Waals surface area contributed by atoms with Crippen LogP contribution in [-0.4, -0.2) is 59.6 Å². The Kier molecular flexibility index (Phi) is 6.49. The number of carbonyl (C=O) groups excluding carboxylic acids is 2. The van der Waals surface area contributed by atoms with Crippen molar-refractivity contribution in [1.29, 1.82) is 0 Å². The molecule has 1 saturated heterocycles. The first kappa shape index (κ1) is 21.5. The molecule has 1 aliphatic heterocycles. The summed E-state index contributed by atoms with van der Waals surface area (Å²) in [5, 5.41) is 6.73. The molecule has 166 valence electrons. The van der Waals surface area contributed by atoms with Crippen LogP contribution in [0.3, 0.4) is 0 Å². The Morgan fingerprint density at radius 3 is 2.31 bits per heavy atom. The van der Waals surface area contributed by atoms with Gasteiger partial charge in [-0.1, -0.05) is 29.8 Å². The summed E-state index contributed by atoms with van der Waals surface area (Å²) in [7, 11) is 0. The first-order valence-electron chi connectivity index (χ1n) is 10.8. The monoisotopic (exact) mass is 433 g/mol. The molecule has 0 atom stereocenters. The van der Waals surface area contributed by atoms with Gasteiger partial charge in [0.1, 0.15) is 0 Å². The van der Waals surface area contributed by atoms with Crippen LogP contribution >= 0.6 is 0 Å². The van der Waals surface area contributed by atoms with Gasteiger partial charge in [0.05, 0.1) is 6.54 Å². The highest BCUT2D eigenvalue weighted by molar-refractivity contribution is 5.96. The predicted octanol–water partition coefficient (Wildman–Crippen LogP) is 2.69. The lowest BCUT2D eigenvalue weighted by Gasteiger charge is -2.36. The molecule has 1 fully saturated rings. The second-order valence-electron chi connectivity index (χ2n) is 7.83. The number of nitrogens with one attached hydrogen (secondary N) is 1. The first-order valence-corrected chi connectivity index (χ1v) is 10.8. The number of rotatable bonds is 6. The van der Waals surface area contributed by atoms with Gasteiger partial charge in [-0.3, -0.25) is 9.59 Å². The van der Waals surface area contributed by atoms with E-state index in [0.717, 1.165) is 29.9 Å². The Balaban J connectivity index is 1.26. The molecule has 32 heavy (non-hydrogen) atoms. The van der Waals surface area contributed by atoms with Crippen LogP contribution < -0.4 is 10.2 Å². The van der Waals surface area contributed by atoms with Crippen molar-refractivity contribution in [2.45, 2.75) is 20.3 Å². The van der Waals surface area contributed by atoms with Crippen LogP contribution in [0.25, 0.3) is 11.4 Å². The van der Waals surface area contributed by atoms with Crippen molar-refractivity contribution < 1.29 is 14.1 Å². The van der Waals surface area contributed by atoms with Gasteiger partial charge in [0.15, 0.2) is 0 Å². The molecule has 1 aromatic heterocycles. The van der Waals surface area contributed by atoms with Gasteiger partial charge in [-0.05, 0) is 43.3 Å². The second kappa shape index (κ2) is 9.64. The van der Waals surface area contributed by atoms with Crippen LogP contribution in [0.5, 0.6) is 0 Å². The maximum absolute atomic E-state index is 12.5. The zero-order chi connectivity index (χ0) is 22.5. The smallest absolute Gasteiger partial charge is 0.251 e. The Bertz CT molecular complexity index is 1070. The van der Waals surface area contributed by atoms with E-state index in [4.69, 9.17) is 4.52 Å². The number of hydrogen-bond acceptors (Lipinski definition) is 6. The van der Waals surface area contributed by atoms with E-state index in [1.54, 1.807) is 17.0 Å². The van der Waals surface area contributed by atoms with Crippen molar-refractivity contribution in [2.75, 3.05) is 37.6 Å². The van der Waals surface area contributed by atoms with E-state index in [1.165, 1.54) is 0 Å². The number of hydrogen-bond donors (Lipinski definition) is 1. The van der Waals surface area contributed by atoms with Gasteiger partial charge in [-0.2, -0.15) is 4.98 Å². The third kappa shape index (κ3) is 4.96. The van der Waals surface area contributed by atoms with Crippen LogP contribution in [0.15, 0.2) is 53.1 Å². The molecule has 8 heteroatoms. The summed E-state index contributed by atoms with van der Waals surface area (Å²) in [6.45, 7) is 6.65. The maximum Gasteiger partial charge on any atom is 0.251 e. The summed E-state index contributed by atoms with van der Waals surface area (Å²) in [4.78, 5) is 33.2. The van der Waals surface area contributed by atoms with E-state index >= 15 is 0 Å². The van der Waals surface area contributed by atoms with Crippen LogP contribution in [0.1, 0.15) is 28.7 Å². The molecule has 0 radical (unpaired) electrons. The third-order valence-electron chi connectivity index (χ3n) is 5.61. The molecule has 1 aliphatic rings.